The van der Waals surface area contributed by atoms with Gasteiger partial charge in [0, 0.05) is 18.2 Å². The molecule has 3 rings (SSSR count). The molecule has 2 heterocycles. The third-order valence-corrected chi connectivity index (χ3v) is 4.52. The molecule has 1 aliphatic rings. The van der Waals surface area contributed by atoms with Crippen LogP contribution in [0, 0.1) is 0 Å². The highest BCUT2D eigenvalue weighted by atomic mass is 15.4. The molecule has 0 fully saturated rings. The minimum Gasteiger partial charge on any atom is -0.338 e. The first-order valence-electron chi connectivity index (χ1n) is 8.54. The summed E-state index contributed by atoms with van der Waals surface area (Å²) in [5.74, 6) is 1.90. The van der Waals surface area contributed by atoms with Crippen LogP contribution in [0.2, 0.25) is 0 Å². The molecule has 24 heavy (non-hydrogen) atoms. The van der Waals surface area contributed by atoms with Crippen LogP contribution in [0.1, 0.15) is 52.8 Å². The maximum atomic E-state index is 4.93. The monoisotopic (exact) mass is 324 g/mol. The van der Waals surface area contributed by atoms with Gasteiger partial charge in [-0.05, 0) is 23.1 Å². The molecule has 0 aliphatic carbocycles. The van der Waals surface area contributed by atoms with Crippen LogP contribution in [0.25, 0.3) is 0 Å². The zero-order chi connectivity index (χ0) is 17.7. The van der Waals surface area contributed by atoms with Crippen LogP contribution in [0.3, 0.4) is 0 Å². The van der Waals surface area contributed by atoms with Gasteiger partial charge in [-0.2, -0.15) is 0 Å². The quantitative estimate of drug-likeness (QED) is 0.766. The second-order valence-corrected chi connectivity index (χ2v) is 8.72. The molecule has 0 saturated carbocycles. The number of rotatable bonds is 1. The normalized spacial score (nSPS) is 15.0. The van der Waals surface area contributed by atoms with E-state index >= 15 is 0 Å². The Hall–Kier alpha value is -2.10. The maximum absolute atomic E-state index is 4.93. The van der Waals surface area contributed by atoms with E-state index in [-0.39, 0.29) is 10.8 Å². The van der Waals surface area contributed by atoms with E-state index in [0.29, 0.717) is 0 Å². The van der Waals surface area contributed by atoms with Gasteiger partial charge in [0.2, 0.25) is 0 Å². The largest absolute Gasteiger partial charge is 0.338 e. The second-order valence-electron chi connectivity index (χ2n) is 8.72. The van der Waals surface area contributed by atoms with E-state index in [9.17, 15) is 0 Å². The lowest BCUT2D eigenvalue weighted by molar-refractivity contribution is 0.566. The van der Waals surface area contributed by atoms with Crippen LogP contribution < -0.4 is 9.80 Å². The van der Waals surface area contributed by atoms with Gasteiger partial charge in [-0.15, -0.1) is 0 Å². The zero-order valence-electron chi connectivity index (χ0n) is 15.9. The van der Waals surface area contributed by atoms with Crippen molar-refractivity contribution < 1.29 is 0 Å². The molecule has 1 aliphatic heterocycles. The highest BCUT2D eigenvalue weighted by molar-refractivity contribution is 5.76. The van der Waals surface area contributed by atoms with Gasteiger partial charge in [-0.3, -0.25) is 0 Å². The SMILES string of the molecule is CN1CN(c2ccc(C(C)(C)C)cc2)c2nc(C(C)(C)C)cnc21. The Morgan fingerprint density at radius 3 is 2.04 bits per heavy atom. The van der Waals surface area contributed by atoms with Gasteiger partial charge >= 0.3 is 0 Å². The van der Waals surface area contributed by atoms with Crippen molar-refractivity contribution in [3.05, 3.63) is 41.7 Å². The summed E-state index contributed by atoms with van der Waals surface area (Å²) in [6.07, 6.45) is 1.90. The lowest BCUT2D eigenvalue weighted by atomic mass is 9.87. The lowest BCUT2D eigenvalue weighted by Gasteiger charge is -2.23. The summed E-state index contributed by atoms with van der Waals surface area (Å²) in [4.78, 5) is 14.0. The van der Waals surface area contributed by atoms with Gasteiger partial charge in [0.15, 0.2) is 11.6 Å². The summed E-state index contributed by atoms with van der Waals surface area (Å²) in [5, 5.41) is 0. The molecule has 0 N–H and O–H groups in total. The van der Waals surface area contributed by atoms with E-state index in [4.69, 9.17) is 4.98 Å². The molecule has 0 spiro atoms. The first-order chi connectivity index (χ1) is 11.1. The average Bonchev–Trinajstić information content (AvgIpc) is 2.82. The molecule has 4 nitrogen and oxygen atoms in total. The Bertz CT molecular complexity index is 736. The van der Waals surface area contributed by atoms with Gasteiger partial charge in [0.25, 0.3) is 0 Å². The zero-order valence-corrected chi connectivity index (χ0v) is 15.9. The standard InChI is InChI=1S/C20H28N4/c1-19(2,3)14-8-10-15(11-9-14)24-13-23(7)17-18(24)22-16(12-21-17)20(4,5)6/h8-12H,13H2,1-7H3. The summed E-state index contributed by atoms with van der Waals surface area (Å²) in [6, 6.07) is 8.81. The van der Waals surface area contributed by atoms with Crippen LogP contribution in [0.4, 0.5) is 17.3 Å². The highest BCUT2D eigenvalue weighted by Crippen LogP contribution is 2.38. The minimum atomic E-state index is -0.00897. The Morgan fingerprint density at radius 2 is 1.50 bits per heavy atom. The number of fused-ring (bicyclic) bond motifs is 1. The van der Waals surface area contributed by atoms with E-state index in [0.717, 1.165) is 29.7 Å². The van der Waals surface area contributed by atoms with Gasteiger partial charge in [-0.25, -0.2) is 9.97 Å². The molecule has 4 heteroatoms. The fourth-order valence-corrected chi connectivity index (χ4v) is 2.88. The first kappa shape index (κ1) is 16.7. The molecular weight excluding hydrogens is 296 g/mol. The number of nitrogens with zero attached hydrogens (tertiary/aromatic N) is 4. The third kappa shape index (κ3) is 2.97. The molecule has 0 radical (unpaired) electrons. The second kappa shape index (κ2) is 5.47. The molecule has 128 valence electrons. The third-order valence-electron chi connectivity index (χ3n) is 4.52. The van der Waals surface area contributed by atoms with Crippen LogP contribution >= 0.6 is 0 Å². The summed E-state index contributed by atoms with van der Waals surface area (Å²) < 4.78 is 0. The Labute approximate surface area is 145 Å². The molecule has 0 unspecified atom stereocenters. The van der Waals surface area contributed by atoms with Crippen LogP contribution in [0.15, 0.2) is 30.5 Å². The van der Waals surface area contributed by atoms with Crippen molar-refractivity contribution in [3.8, 4) is 0 Å². The van der Waals surface area contributed by atoms with E-state index in [1.807, 2.05) is 6.20 Å². The van der Waals surface area contributed by atoms with Crippen molar-refractivity contribution in [2.45, 2.75) is 52.4 Å². The number of hydrogen-bond donors (Lipinski definition) is 0. The van der Waals surface area contributed by atoms with Gasteiger partial charge < -0.3 is 9.80 Å². The van der Waals surface area contributed by atoms with Crippen LogP contribution in [-0.4, -0.2) is 23.7 Å². The average molecular weight is 324 g/mol. The van der Waals surface area contributed by atoms with E-state index < -0.39 is 0 Å². The molecular formula is C20H28N4. The predicted molar refractivity (Wildman–Crippen MR) is 101 cm³/mol. The van der Waals surface area contributed by atoms with Crippen molar-refractivity contribution in [1.82, 2.24) is 9.97 Å². The Kier molecular flexibility index (Phi) is 3.82. The fraction of sp³-hybridized carbons (Fsp3) is 0.500. The molecule has 1 aromatic heterocycles. The molecule has 2 aromatic rings. The van der Waals surface area contributed by atoms with Crippen molar-refractivity contribution in [1.29, 1.82) is 0 Å². The van der Waals surface area contributed by atoms with E-state index in [2.05, 4.69) is 87.6 Å². The summed E-state index contributed by atoms with van der Waals surface area (Å²) in [5.41, 5.74) is 3.68. The van der Waals surface area contributed by atoms with Crippen LogP contribution in [-0.2, 0) is 10.8 Å². The van der Waals surface area contributed by atoms with Crippen molar-refractivity contribution in [2.75, 3.05) is 23.5 Å². The molecule has 0 atom stereocenters. The number of anilines is 3. The van der Waals surface area contributed by atoms with Gasteiger partial charge in [0.05, 0.1) is 18.6 Å². The predicted octanol–water partition coefficient (Wildman–Crippen LogP) is 4.62. The Morgan fingerprint density at radius 1 is 0.875 bits per heavy atom. The van der Waals surface area contributed by atoms with E-state index in [1.165, 1.54) is 5.56 Å². The molecule has 0 bridgehead atoms. The lowest BCUT2D eigenvalue weighted by Crippen LogP contribution is -2.24. The summed E-state index contributed by atoms with van der Waals surface area (Å²) >= 11 is 0. The van der Waals surface area contributed by atoms with Crippen LogP contribution in [0.5, 0.6) is 0 Å². The fourth-order valence-electron chi connectivity index (χ4n) is 2.88. The van der Waals surface area contributed by atoms with Crippen molar-refractivity contribution in [3.63, 3.8) is 0 Å². The topological polar surface area (TPSA) is 32.3 Å². The molecule has 0 amide bonds. The summed E-state index contributed by atoms with van der Waals surface area (Å²) in [7, 11) is 2.06. The number of aromatic nitrogens is 2. The molecule has 0 saturated heterocycles. The highest BCUT2D eigenvalue weighted by Gasteiger charge is 2.30. The maximum Gasteiger partial charge on any atom is 0.178 e. The first-order valence-corrected chi connectivity index (χ1v) is 8.54. The number of benzene rings is 1. The van der Waals surface area contributed by atoms with Crippen molar-refractivity contribution >= 4 is 17.3 Å². The minimum absolute atomic E-state index is 0.00897. The van der Waals surface area contributed by atoms with Gasteiger partial charge in [0.1, 0.15) is 0 Å². The van der Waals surface area contributed by atoms with Crippen molar-refractivity contribution in [2.24, 2.45) is 0 Å². The molecule has 1 aromatic carbocycles. The van der Waals surface area contributed by atoms with E-state index in [1.54, 1.807) is 0 Å². The smallest absolute Gasteiger partial charge is 0.178 e. The Balaban J connectivity index is 2.00. The van der Waals surface area contributed by atoms with Gasteiger partial charge in [-0.1, -0.05) is 53.7 Å². The summed E-state index contributed by atoms with van der Waals surface area (Å²) in [6.45, 7) is 14.0. The number of hydrogen-bond acceptors (Lipinski definition) is 4.